The Morgan fingerprint density at radius 3 is 2.69 bits per heavy atom. The molecule has 3 atom stereocenters. The quantitative estimate of drug-likeness (QED) is 0.805. The van der Waals surface area contributed by atoms with Crippen LogP contribution < -0.4 is 5.14 Å². The Bertz CT molecular complexity index is 816. The molecule has 4 rings (SSSR count). The first-order chi connectivity index (χ1) is 12.5. The monoisotopic (exact) mass is 376 g/mol. The second-order valence-corrected chi connectivity index (χ2v) is 7.95. The third-order valence-corrected chi connectivity index (χ3v) is 6.00. The lowest BCUT2D eigenvalue weighted by molar-refractivity contribution is -0.0721. The van der Waals surface area contributed by atoms with E-state index in [1.807, 2.05) is 6.92 Å². The molecule has 2 aromatic rings. The van der Waals surface area contributed by atoms with E-state index >= 15 is 0 Å². The first kappa shape index (κ1) is 17.9. The fraction of sp³-hybridized carbons (Fsp3) is 0.400. The van der Waals surface area contributed by atoms with Crippen molar-refractivity contribution in [2.24, 2.45) is 11.1 Å². The molecule has 2 aliphatic rings. The van der Waals surface area contributed by atoms with Gasteiger partial charge in [0.15, 0.2) is 0 Å². The predicted molar refractivity (Wildman–Crippen MR) is 98.4 cm³/mol. The molecule has 0 saturated carbocycles. The maximum Gasteiger partial charge on any atom is 0.129 e. The largest absolute Gasteiger partial charge is 0.372 e. The molecule has 0 amide bonds. The number of benzene rings is 2. The van der Waals surface area contributed by atoms with Crippen LogP contribution in [0.4, 0.5) is 8.78 Å². The average Bonchev–Trinajstić information content (AvgIpc) is 3.07. The van der Waals surface area contributed by atoms with Gasteiger partial charge in [-0.15, -0.1) is 0 Å². The third kappa shape index (κ3) is 3.39. The highest BCUT2D eigenvalue weighted by Crippen LogP contribution is 2.38. The summed E-state index contributed by atoms with van der Waals surface area (Å²) in [4.78, 5) is 3.48. The maximum atomic E-state index is 14.1. The molecule has 3 nitrogen and oxygen atoms in total. The summed E-state index contributed by atoms with van der Waals surface area (Å²) in [6, 6.07) is 10.2. The van der Waals surface area contributed by atoms with Gasteiger partial charge in [0.05, 0.1) is 12.7 Å². The van der Waals surface area contributed by atoms with Gasteiger partial charge in [-0.3, -0.25) is 10.0 Å². The van der Waals surface area contributed by atoms with Crippen LogP contribution in [-0.4, -0.2) is 17.5 Å². The Morgan fingerprint density at radius 1 is 1.12 bits per heavy atom. The molecule has 0 radical (unpaired) electrons. The number of halogens is 2. The van der Waals surface area contributed by atoms with E-state index in [4.69, 9.17) is 9.88 Å². The summed E-state index contributed by atoms with van der Waals surface area (Å²) in [6.07, 6.45) is 0.500. The van der Waals surface area contributed by atoms with Gasteiger partial charge in [-0.25, -0.2) is 8.78 Å². The van der Waals surface area contributed by atoms with Crippen molar-refractivity contribution >= 4 is 11.9 Å². The second kappa shape index (κ2) is 7.27. The first-order valence-corrected chi connectivity index (χ1v) is 9.72. The standard InChI is InChI=1S/C20H22F2N2OS/c1-12-6-16(11-25-20(12)18-8-15(21)3-5-19(18)22)24-9-13-2-4-17(26-23)7-14(13)10-24/h2-5,7-8,12,16,20H,6,9-11,23H2,1H3/t12?,16?,20-/m0/s1. The van der Waals surface area contributed by atoms with Crippen molar-refractivity contribution in [2.75, 3.05) is 6.61 Å². The van der Waals surface area contributed by atoms with Crippen molar-refractivity contribution in [3.05, 3.63) is 64.7 Å². The van der Waals surface area contributed by atoms with Crippen molar-refractivity contribution in [3.63, 3.8) is 0 Å². The van der Waals surface area contributed by atoms with Crippen LogP contribution in [0, 0.1) is 17.6 Å². The molecule has 6 heteroatoms. The molecule has 138 valence electrons. The fourth-order valence-electron chi connectivity index (χ4n) is 4.11. The zero-order valence-corrected chi connectivity index (χ0v) is 15.4. The lowest BCUT2D eigenvalue weighted by atomic mass is 9.88. The molecule has 1 saturated heterocycles. The van der Waals surface area contributed by atoms with Crippen LogP contribution in [0.15, 0.2) is 41.3 Å². The van der Waals surface area contributed by atoms with Gasteiger partial charge >= 0.3 is 0 Å². The number of nitrogens with two attached hydrogens (primary N) is 1. The lowest BCUT2D eigenvalue weighted by Gasteiger charge is -2.39. The summed E-state index contributed by atoms with van der Waals surface area (Å²) in [5, 5.41) is 5.66. The van der Waals surface area contributed by atoms with E-state index in [1.54, 1.807) is 0 Å². The van der Waals surface area contributed by atoms with Gasteiger partial charge in [0.25, 0.3) is 0 Å². The summed E-state index contributed by atoms with van der Waals surface area (Å²) in [5.41, 5.74) is 2.96. The van der Waals surface area contributed by atoms with E-state index in [2.05, 4.69) is 23.1 Å². The highest BCUT2D eigenvalue weighted by atomic mass is 32.2. The van der Waals surface area contributed by atoms with E-state index in [9.17, 15) is 8.78 Å². The Balaban J connectivity index is 1.45. The Labute approximate surface area is 156 Å². The first-order valence-electron chi connectivity index (χ1n) is 8.84. The van der Waals surface area contributed by atoms with Gasteiger partial charge in [-0.2, -0.15) is 0 Å². The number of hydrogen-bond donors (Lipinski definition) is 1. The Morgan fingerprint density at radius 2 is 1.92 bits per heavy atom. The minimum absolute atomic E-state index is 0.115. The average molecular weight is 376 g/mol. The summed E-state index contributed by atoms with van der Waals surface area (Å²) < 4.78 is 33.6. The molecule has 2 heterocycles. The van der Waals surface area contributed by atoms with Crippen molar-refractivity contribution in [1.29, 1.82) is 0 Å². The zero-order chi connectivity index (χ0) is 18.3. The summed E-state index contributed by atoms with van der Waals surface area (Å²) >= 11 is 1.26. The predicted octanol–water partition coefficient (Wildman–Crippen LogP) is 4.41. The molecule has 26 heavy (non-hydrogen) atoms. The van der Waals surface area contributed by atoms with Gasteiger partial charge in [0.1, 0.15) is 11.6 Å². The molecule has 1 fully saturated rings. The topological polar surface area (TPSA) is 38.5 Å². The minimum atomic E-state index is -0.428. The fourth-order valence-corrected chi connectivity index (χ4v) is 4.47. The molecular formula is C20H22F2N2OS. The molecule has 2 aromatic carbocycles. The summed E-state index contributed by atoms with van der Waals surface area (Å²) in [5.74, 6) is -0.714. The normalized spacial score (nSPS) is 26.1. The molecule has 0 spiro atoms. The lowest BCUT2D eigenvalue weighted by Crippen LogP contribution is -2.41. The SMILES string of the molecule is CC1CC(N2Cc3ccc(SN)cc3C2)CO[C@@H]1c1cc(F)ccc1F. The van der Waals surface area contributed by atoms with Crippen LogP contribution in [0.5, 0.6) is 0 Å². The highest BCUT2D eigenvalue weighted by molar-refractivity contribution is 7.97. The van der Waals surface area contributed by atoms with Crippen LogP contribution in [0.25, 0.3) is 0 Å². The number of ether oxygens (including phenoxy) is 1. The number of fused-ring (bicyclic) bond motifs is 1. The van der Waals surface area contributed by atoms with E-state index < -0.39 is 17.7 Å². The van der Waals surface area contributed by atoms with E-state index in [0.29, 0.717) is 12.2 Å². The zero-order valence-electron chi connectivity index (χ0n) is 14.6. The van der Waals surface area contributed by atoms with E-state index in [1.165, 1.54) is 35.2 Å². The van der Waals surface area contributed by atoms with Crippen molar-refractivity contribution in [2.45, 2.75) is 43.5 Å². The van der Waals surface area contributed by atoms with E-state index in [0.717, 1.165) is 30.5 Å². The number of rotatable bonds is 3. The van der Waals surface area contributed by atoms with Gasteiger partial charge in [-0.1, -0.05) is 13.0 Å². The van der Waals surface area contributed by atoms with Crippen LogP contribution >= 0.6 is 11.9 Å². The van der Waals surface area contributed by atoms with E-state index in [-0.39, 0.29) is 12.0 Å². The molecule has 0 aromatic heterocycles. The van der Waals surface area contributed by atoms with Gasteiger partial charge in [0.2, 0.25) is 0 Å². The highest BCUT2D eigenvalue weighted by Gasteiger charge is 2.35. The van der Waals surface area contributed by atoms with Crippen molar-refractivity contribution in [1.82, 2.24) is 4.90 Å². The Hall–Kier alpha value is -1.47. The van der Waals surface area contributed by atoms with Crippen LogP contribution in [0.2, 0.25) is 0 Å². The van der Waals surface area contributed by atoms with Gasteiger partial charge in [-0.05, 0) is 65.7 Å². The van der Waals surface area contributed by atoms with Crippen LogP contribution in [0.1, 0.15) is 36.1 Å². The molecular weight excluding hydrogens is 354 g/mol. The minimum Gasteiger partial charge on any atom is -0.372 e. The van der Waals surface area contributed by atoms with Crippen molar-refractivity contribution in [3.8, 4) is 0 Å². The maximum absolute atomic E-state index is 14.1. The smallest absolute Gasteiger partial charge is 0.129 e. The summed E-state index contributed by atoms with van der Waals surface area (Å²) in [6.45, 7) is 4.35. The molecule has 2 N–H and O–H groups in total. The van der Waals surface area contributed by atoms with Crippen molar-refractivity contribution < 1.29 is 13.5 Å². The number of hydrogen-bond acceptors (Lipinski definition) is 4. The van der Waals surface area contributed by atoms with Gasteiger partial charge < -0.3 is 4.74 Å². The van der Waals surface area contributed by atoms with Gasteiger partial charge in [0, 0.05) is 29.6 Å². The second-order valence-electron chi connectivity index (χ2n) is 7.24. The van der Waals surface area contributed by atoms with Crippen LogP contribution in [-0.2, 0) is 17.8 Å². The Kier molecular flexibility index (Phi) is 5.01. The molecule has 2 unspecified atom stereocenters. The van der Waals surface area contributed by atoms with Crippen LogP contribution in [0.3, 0.4) is 0 Å². The molecule has 0 aliphatic carbocycles. The molecule has 0 bridgehead atoms. The number of nitrogens with zero attached hydrogens (tertiary/aromatic N) is 1. The molecule has 2 aliphatic heterocycles. The summed E-state index contributed by atoms with van der Waals surface area (Å²) in [7, 11) is 0. The third-order valence-electron chi connectivity index (χ3n) is 5.47.